The van der Waals surface area contributed by atoms with Crippen molar-refractivity contribution >= 4 is 33.4 Å². The van der Waals surface area contributed by atoms with Gasteiger partial charge in [-0.15, -0.1) is 11.3 Å². The van der Waals surface area contributed by atoms with Gasteiger partial charge in [-0.2, -0.15) is 0 Å². The minimum atomic E-state index is -0.587. The molecule has 4 rings (SSSR count). The molecule has 0 aliphatic carbocycles. The quantitative estimate of drug-likeness (QED) is 0.491. The van der Waals surface area contributed by atoms with Gasteiger partial charge in [-0.3, -0.25) is 4.79 Å². The summed E-state index contributed by atoms with van der Waals surface area (Å²) in [5, 5.41) is 3.45. The van der Waals surface area contributed by atoms with E-state index in [1.165, 1.54) is 24.7 Å². The van der Waals surface area contributed by atoms with Crippen LogP contribution in [-0.2, 0) is 22.5 Å². The van der Waals surface area contributed by atoms with Crippen LogP contribution in [0.3, 0.4) is 0 Å². The minimum absolute atomic E-state index is 0.0668. The van der Waals surface area contributed by atoms with Gasteiger partial charge >= 0.3 is 5.97 Å². The number of fused-ring (bicyclic) bond motifs is 1. The lowest BCUT2D eigenvalue weighted by atomic mass is 10.1. The van der Waals surface area contributed by atoms with E-state index in [-0.39, 0.29) is 30.5 Å². The number of ether oxygens (including phenoxy) is 1. The molecule has 8 heteroatoms. The second kappa shape index (κ2) is 8.24. The molecule has 29 heavy (non-hydrogen) atoms. The third kappa shape index (κ3) is 4.33. The fourth-order valence-corrected chi connectivity index (χ4v) is 3.83. The first-order valence-corrected chi connectivity index (χ1v) is 9.68. The molecule has 0 radical (unpaired) electrons. The molecule has 2 heterocycles. The maximum Gasteiger partial charge on any atom is 0.360 e. The predicted octanol–water partition coefficient (Wildman–Crippen LogP) is 3.60. The number of methoxy groups -OCH3 is 1. The molecule has 4 aromatic rings. The Balaban J connectivity index is 1.40. The topological polar surface area (TPSA) is 94.3 Å². The Bertz CT molecular complexity index is 1170. The second-order valence-electron chi connectivity index (χ2n) is 6.23. The van der Waals surface area contributed by atoms with E-state index in [1.54, 1.807) is 0 Å². The van der Waals surface area contributed by atoms with Crippen molar-refractivity contribution in [2.24, 2.45) is 0 Å². The minimum Gasteiger partial charge on any atom is -0.464 e. The van der Waals surface area contributed by atoms with Crippen LogP contribution in [0, 0.1) is 0 Å². The molecule has 0 aliphatic heterocycles. The largest absolute Gasteiger partial charge is 0.464 e. The van der Waals surface area contributed by atoms with Crippen molar-refractivity contribution in [3.8, 4) is 11.1 Å². The van der Waals surface area contributed by atoms with E-state index in [4.69, 9.17) is 4.42 Å². The van der Waals surface area contributed by atoms with Crippen molar-refractivity contribution in [1.82, 2.24) is 15.3 Å². The molecule has 0 atom stereocenters. The van der Waals surface area contributed by atoms with E-state index in [2.05, 4.69) is 38.2 Å². The Kier molecular flexibility index (Phi) is 5.35. The highest BCUT2D eigenvalue weighted by atomic mass is 32.1. The van der Waals surface area contributed by atoms with Crippen molar-refractivity contribution in [2.45, 2.75) is 13.0 Å². The summed E-state index contributed by atoms with van der Waals surface area (Å²) in [4.78, 5) is 32.1. The number of esters is 1. The molecule has 7 nitrogen and oxygen atoms in total. The first-order chi connectivity index (χ1) is 14.1. The molecule has 0 saturated heterocycles. The molecule has 146 valence electrons. The molecule has 1 amide bonds. The standard InChI is InChI=1S/C21H17N3O4S/c1-27-21(26)16-12-28-19(23-16)11-22-18(25)10-20-24-15-8-7-14(9-17(15)29-20)13-5-3-2-4-6-13/h2-9,12H,10-11H2,1H3,(H,22,25). The van der Waals surface area contributed by atoms with Crippen LogP contribution in [-0.4, -0.2) is 29.0 Å². The van der Waals surface area contributed by atoms with E-state index in [0.29, 0.717) is 0 Å². The number of hydrogen-bond acceptors (Lipinski definition) is 7. The van der Waals surface area contributed by atoms with E-state index in [1.807, 2.05) is 30.3 Å². The van der Waals surface area contributed by atoms with E-state index < -0.39 is 5.97 Å². The number of nitrogens with one attached hydrogen (secondary N) is 1. The van der Waals surface area contributed by atoms with Crippen LogP contribution in [0.5, 0.6) is 0 Å². The van der Waals surface area contributed by atoms with Crippen LogP contribution < -0.4 is 5.32 Å². The van der Waals surface area contributed by atoms with Gasteiger partial charge in [0.1, 0.15) is 11.3 Å². The average Bonchev–Trinajstić information content (AvgIpc) is 3.38. The Hall–Kier alpha value is -3.52. The molecule has 0 fully saturated rings. The molecular weight excluding hydrogens is 390 g/mol. The zero-order valence-electron chi connectivity index (χ0n) is 15.5. The number of oxazole rings is 1. The molecule has 0 aliphatic rings. The van der Waals surface area contributed by atoms with Crippen LogP contribution in [0.25, 0.3) is 21.3 Å². The van der Waals surface area contributed by atoms with Gasteiger partial charge in [0.15, 0.2) is 5.69 Å². The number of nitrogens with zero attached hydrogens (tertiary/aromatic N) is 2. The molecule has 0 bridgehead atoms. The van der Waals surface area contributed by atoms with Crippen LogP contribution in [0.15, 0.2) is 59.2 Å². The normalized spacial score (nSPS) is 10.8. The zero-order valence-corrected chi connectivity index (χ0v) is 16.4. The molecule has 2 aromatic carbocycles. The fraction of sp³-hybridized carbons (Fsp3) is 0.143. The van der Waals surface area contributed by atoms with Crippen molar-refractivity contribution in [3.05, 3.63) is 71.4 Å². The SMILES string of the molecule is COC(=O)c1coc(CNC(=O)Cc2nc3ccc(-c4ccccc4)cc3s2)n1. The zero-order chi connectivity index (χ0) is 20.2. The maximum atomic E-state index is 12.2. The van der Waals surface area contributed by atoms with Crippen molar-refractivity contribution in [3.63, 3.8) is 0 Å². The van der Waals surface area contributed by atoms with Gasteiger partial charge in [-0.05, 0) is 23.3 Å². The van der Waals surface area contributed by atoms with Gasteiger partial charge in [0.2, 0.25) is 11.8 Å². The Morgan fingerprint density at radius 1 is 1.10 bits per heavy atom. The Labute approximate surface area is 170 Å². The first-order valence-electron chi connectivity index (χ1n) is 8.86. The van der Waals surface area contributed by atoms with Gasteiger partial charge in [0.25, 0.3) is 0 Å². The Morgan fingerprint density at radius 3 is 2.72 bits per heavy atom. The fourth-order valence-electron chi connectivity index (χ4n) is 2.82. The molecule has 0 unspecified atom stereocenters. The van der Waals surface area contributed by atoms with Crippen molar-refractivity contribution < 1.29 is 18.7 Å². The summed E-state index contributed by atoms with van der Waals surface area (Å²) in [5.74, 6) is -0.559. The van der Waals surface area contributed by atoms with Gasteiger partial charge in [0.05, 0.1) is 30.3 Å². The number of aromatic nitrogens is 2. The summed E-state index contributed by atoms with van der Waals surface area (Å²) in [6.07, 6.45) is 1.36. The van der Waals surface area contributed by atoms with Gasteiger partial charge < -0.3 is 14.5 Å². The lowest BCUT2D eigenvalue weighted by Gasteiger charge is -2.00. The van der Waals surface area contributed by atoms with E-state index >= 15 is 0 Å². The van der Waals surface area contributed by atoms with Crippen molar-refractivity contribution in [1.29, 1.82) is 0 Å². The molecule has 0 spiro atoms. The van der Waals surface area contributed by atoms with E-state index in [0.717, 1.165) is 26.4 Å². The third-order valence-corrected chi connectivity index (χ3v) is 5.25. The predicted molar refractivity (Wildman–Crippen MR) is 108 cm³/mol. The number of amides is 1. The summed E-state index contributed by atoms with van der Waals surface area (Å²) < 4.78 is 10.7. The third-order valence-electron chi connectivity index (χ3n) is 4.23. The van der Waals surface area contributed by atoms with Gasteiger partial charge in [-0.25, -0.2) is 14.8 Å². The summed E-state index contributed by atoms with van der Waals surface area (Å²) in [6.45, 7) is 0.0822. The first kappa shape index (κ1) is 18.8. The summed E-state index contributed by atoms with van der Waals surface area (Å²) >= 11 is 1.49. The number of hydrogen-bond donors (Lipinski definition) is 1. The highest BCUT2D eigenvalue weighted by Gasteiger charge is 2.14. The monoisotopic (exact) mass is 407 g/mol. The number of rotatable bonds is 6. The average molecular weight is 407 g/mol. The smallest absolute Gasteiger partial charge is 0.360 e. The van der Waals surface area contributed by atoms with Gasteiger partial charge in [-0.1, -0.05) is 36.4 Å². The Morgan fingerprint density at radius 2 is 1.93 bits per heavy atom. The lowest BCUT2D eigenvalue weighted by Crippen LogP contribution is -2.24. The van der Waals surface area contributed by atoms with E-state index in [9.17, 15) is 9.59 Å². The highest BCUT2D eigenvalue weighted by Crippen LogP contribution is 2.28. The number of thiazole rings is 1. The van der Waals surface area contributed by atoms with Crippen molar-refractivity contribution in [2.75, 3.05) is 7.11 Å². The van der Waals surface area contributed by atoms with Crippen LogP contribution in [0.1, 0.15) is 21.4 Å². The number of benzene rings is 2. The lowest BCUT2D eigenvalue weighted by molar-refractivity contribution is -0.120. The molecule has 0 saturated carbocycles. The molecule has 1 N–H and O–H groups in total. The molecular formula is C21H17N3O4S. The highest BCUT2D eigenvalue weighted by molar-refractivity contribution is 7.18. The number of carbonyl (C=O) groups excluding carboxylic acids is 2. The van der Waals surface area contributed by atoms with Crippen LogP contribution in [0.4, 0.5) is 0 Å². The van der Waals surface area contributed by atoms with Crippen LogP contribution in [0.2, 0.25) is 0 Å². The number of carbonyl (C=O) groups is 2. The second-order valence-corrected chi connectivity index (χ2v) is 7.34. The summed E-state index contributed by atoms with van der Waals surface area (Å²) in [6, 6.07) is 16.2. The van der Waals surface area contributed by atoms with Crippen LogP contribution >= 0.6 is 11.3 Å². The summed E-state index contributed by atoms with van der Waals surface area (Å²) in [7, 11) is 1.26. The maximum absolute atomic E-state index is 12.2. The molecule has 2 aromatic heterocycles. The summed E-state index contributed by atoms with van der Waals surface area (Å²) in [5.41, 5.74) is 3.19. The van der Waals surface area contributed by atoms with Gasteiger partial charge in [0, 0.05) is 0 Å².